The number of hydrogen-bond acceptors (Lipinski definition) is 2. The Morgan fingerprint density at radius 3 is 2.79 bits per heavy atom. The Kier molecular flexibility index (Phi) is 5.01. The van der Waals surface area contributed by atoms with Crippen molar-refractivity contribution in [2.45, 2.75) is 20.4 Å². The highest BCUT2D eigenvalue weighted by molar-refractivity contribution is 14.1. The molecule has 0 bridgehead atoms. The number of hydrogen-bond donors (Lipinski definition) is 0. The number of thiazole rings is 1. The standard InChI is InChI=1S/C19H17IN2OS/c1-4-9-22-16-11-12(2)10-13(3)17(16)24-19(22)21-18(23)14-7-5-6-8-15(14)20/h4-8,10-11H,1,9H2,2-3H3. The average Bonchev–Trinajstić information content (AvgIpc) is 2.86. The molecule has 0 saturated carbocycles. The van der Waals surface area contributed by atoms with Crippen LogP contribution in [0.15, 0.2) is 54.0 Å². The van der Waals surface area contributed by atoms with E-state index in [-0.39, 0.29) is 5.91 Å². The second-order valence-corrected chi connectivity index (χ2v) is 7.75. The minimum Gasteiger partial charge on any atom is -0.312 e. The minimum absolute atomic E-state index is 0.209. The largest absolute Gasteiger partial charge is 0.312 e. The first kappa shape index (κ1) is 17.1. The number of nitrogens with zero attached hydrogens (tertiary/aromatic N) is 2. The molecule has 24 heavy (non-hydrogen) atoms. The predicted molar refractivity (Wildman–Crippen MR) is 109 cm³/mol. The summed E-state index contributed by atoms with van der Waals surface area (Å²) in [6.07, 6.45) is 1.83. The van der Waals surface area contributed by atoms with Crippen LogP contribution in [0.4, 0.5) is 0 Å². The molecule has 1 amide bonds. The molecular weight excluding hydrogens is 431 g/mol. The molecule has 3 nitrogen and oxygen atoms in total. The van der Waals surface area contributed by atoms with Crippen molar-refractivity contribution in [2.75, 3.05) is 0 Å². The maximum atomic E-state index is 12.6. The topological polar surface area (TPSA) is 34.4 Å². The maximum absolute atomic E-state index is 12.6. The van der Waals surface area contributed by atoms with E-state index >= 15 is 0 Å². The lowest BCUT2D eigenvalue weighted by atomic mass is 10.1. The molecule has 0 saturated heterocycles. The van der Waals surface area contributed by atoms with Gasteiger partial charge in [-0.2, -0.15) is 4.99 Å². The molecule has 0 aliphatic heterocycles. The first-order chi connectivity index (χ1) is 11.5. The molecule has 0 N–H and O–H groups in total. The van der Waals surface area contributed by atoms with Crippen LogP contribution >= 0.6 is 33.9 Å². The zero-order valence-corrected chi connectivity index (χ0v) is 16.5. The van der Waals surface area contributed by atoms with Gasteiger partial charge in [0.1, 0.15) is 0 Å². The lowest BCUT2D eigenvalue weighted by Crippen LogP contribution is -2.16. The predicted octanol–water partition coefficient (Wildman–Crippen LogP) is 4.85. The van der Waals surface area contributed by atoms with Gasteiger partial charge in [0, 0.05) is 10.1 Å². The van der Waals surface area contributed by atoms with Crippen molar-refractivity contribution < 1.29 is 4.79 Å². The highest BCUT2D eigenvalue weighted by atomic mass is 127. The highest BCUT2D eigenvalue weighted by Gasteiger charge is 2.12. The number of allylic oxidation sites excluding steroid dienone is 1. The molecule has 1 heterocycles. The summed E-state index contributed by atoms with van der Waals surface area (Å²) in [5.41, 5.74) is 4.14. The minimum atomic E-state index is -0.209. The number of amides is 1. The first-order valence-corrected chi connectivity index (χ1v) is 9.46. The summed E-state index contributed by atoms with van der Waals surface area (Å²) in [7, 11) is 0. The van der Waals surface area contributed by atoms with Gasteiger partial charge in [0.15, 0.2) is 4.80 Å². The summed E-state index contributed by atoms with van der Waals surface area (Å²) in [5, 5.41) is 0. The Hall–Kier alpha value is -1.73. The third kappa shape index (κ3) is 3.23. The third-order valence-electron chi connectivity index (χ3n) is 3.73. The Morgan fingerprint density at radius 1 is 1.33 bits per heavy atom. The fourth-order valence-electron chi connectivity index (χ4n) is 2.69. The van der Waals surface area contributed by atoms with Gasteiger partial charge < -0.3 is 4.57 Å². The summed E-state index contributed by atoms with van der Waals surface area (Å²) in [6, 6.07) is 11.8. The van der Waals surface area contributed by atoms with Crippen molar-refractivity contribution in [3.05, 3.63) is 74.1 Å². The second-order valence-electron chi connectivity index (χ2n) is 5.61. The van der Waals surface area contributed by atoms with Crippen molar-refractivity contribution in [1.82, 2.24) is 4.57 Å². The summed E-state index contributed by atoms with van der Waals surface area (Å²) in [4.78, 5) is 17.7. The summed E-state index contributed by atoms with van der Waals surface area (Å²) in [6.45, 7) is 8.63. The summed E-state index contributed by atoms with van der Waals surface area (Å²) in [5.74, 6) is -0.209. The van der Waals surface area contributed by atoms with E-state index in [1.165, 1.54) is 11.1 Å². The van der Waals surface area contributed by atoms with Gasteiger partial charge >= 0.3 is 0 Å². The van der Waals surface area contributed by atoms with Gasteiger partial charge in [0.25, 0.3) is 5.91 Å². The van der Waals surface area contributed by atoms with Gasteiger partial charge in [0.2, 0.25) is 0 Å². The van der Waals surface area contributed by atoms with Crippen molar-refractivity contribution in [3.8, 4) is 0 Å². The Balaban J connectivity index is 2.23. The Labute approximate surface area is 158 Å². The van der Waals surface area contributed by atoms with E-state index < -0.39 is 0 Å². The van der Waals surface area contributed by atoms with Crippen LogP contribution in [0.3, 0.4) is 0 Å². The van der Waals surface area contributed by atoms with Gasteiger partial charge in [0.05, 0.1) is 15.8 Å². The Bertz CT molecular complexity index is 1010. The first-order valence-electron chi connectivity index (χ1n) is 7.56. The SMILES string of the molecule is C=CCn1c(=NC(=O)c2ccccc2I)sc2c(C)cc(C)cc21. The van der Waals surface area contributed by atoms with E-state index in [0.29, 0.717) is 16.9 Å². The number of benzene rings is 2. The number of aryl methyl sites for hydroxylation is 2. The smallest absolute Gasteiger partial charge is 0.280 e. The number of aromatic nitrogens is 1. The van der Waals surface area contributed by atoms with E-state index in [1.807, 2.05) is 30.3 Å². The molecule has 0 radical (unpaired) electrons. The zero-order valence-electron chi connectivity index (χ0n) is 13.5. The number of fused-ring (bicyclic) bond motifs is 1. The van der Waals surface area contributed by atoms with Crippen LogP contribution in [0.1, 0.15) is 21.5 Å². The molecule has 0 fully saturated rings. The molecule has 0 unspecified atom stereocenters. The maximum Gasteiger partial charge on any atom is 0.280 e. The molecule has 1 aromatic heterocycles. The molecule has 5 heteroatoms. The van der Waals surface area contributed by atoms with E-state index in [1.54, 1.807) is 11.3 Å². The van der Waals surface area contributed by atoms with Crippen LogP contribution in [-0.2, 0) is 6.54 Å². The van der Waals surface area contributed by atoms with Gasteiger partial charge in [-0.05, 0) is 65.8 Å². The lowest BCUT2D eigenvalue weighted by molar-refractivity contribution is 0.0997. The van der Waals surface area contributed by atoms with Crippen molar-refractivity contribution >= 4 is 50.1 Å². The van der Waals surface area contributed by atoms with Gasteiger partial charge in [-0.15, -0.1) is 6.58 Å². The van der Waals surface area contributed by atoms with Gasteiger partial charge in [-0.1, -0.05) is 35.6 Å². The normalized spacial score (nSPS) is 11.9. The molecule has 3 rings (SSSR count). The van der Waals surface area contributed by atoms with Crippen LogP contribution in [0.25, 0.3) is 10.2 Å². The van der Waals surface area contributed by atoms with Crippen LogP contribution in [0, 0.1) is 17.4 Å². The molecule has 0 aliphatic carbocycles. The molecule has 0 atom stereocenters. The van der Waals surface area contributed by atoms with Crippen molar-refractivity contribution in [1.29, 1.82) is 0 Å². The molecule has 0 aliphatic rings. The lowest BCUT2D eigenvalue weighted by Gasteiger charge is -2.03. The van der Waals surface area contributed by atoms with Crippen LogP contribution in [0.5, 0.6) is 0 Å². The number of carbonyl (C=O) groups excluding carboxylic acids is 1. The number of carbonyl (C=O) groups is 1. The fourth-order valence-corrected chi connectivity index (χ4v) is 4.39. The monoisotopic (exact) mass is 448 g/mol. The fraction of sp³-hybridized carbons (Fsp3) is 0.158. The van der Waals surface area contributed by atoms with Gasteiger partial charge in [-0.25, -0.2) is 0 Å². The van der Waals surface area contributed by atoms with E-state index in [4.69, 9.17) is 0 Å². The van der Waals surface area contributed by atoms with Crippen LogP contribution in [0.2, 0.25) is 0 Å². The Morgan fingerprint density at radius 2 is 2.08 bits per heavy atom. The van der Waals surface area contributed by atoms with E-state index in [2.05, 4.69) is 64.7 Å². The van der Waals surface area contributed by atoms with E-state index in [0.717, 1.165) is 13.8 Å². The van der Waals surface area contributed by atoms with E-state index in [9.17, 15) is 4.79 Å². The number of halogens is 1. The summed E-state index contributed by atoms with van der Waals surface area (Å²) >= 11 is 3.72. The molecule has 3 aromatic rings. The quantitative estimate of drug-likeness (QED) is 0.417. The van der Waals surface area contributed by atoms with Crippen LogP contribution in [-0.4, -0.2) is 10.5 Å². The second kappa shape index (κ2) is 7.03. The van der Waals surface area contributed by atoms with Crippen molar-refractivity contribution in [3.63, 3.8) is 0 Å². The average molecular weight is 448 g/mol. The van der Waals surface area contributed by atoms with Gasteiger partial charge in [-0.3, -0.25) is 4.79 Å². The third-order valence-corrected chi connectivity index (χ3v) is 5.90. The molecule has 2 aromatic carbocycles. The summed E-state index contributed by atoms with van der Waals surface area (Å²) < 4.78 is 4.13. The van der Waals surface area contributed by atoms with Crippen molar-refractivity contribution in [2.24, 2.45) is 4.99 Å². The molecule has 122 valence electrons. The van der Waals surface area contributed by atoms with Crippen LogP contribution < -0.4 is 4.80 Å². The molecular formula is C19H17IN2OS. The highest BCUT2D eigenvalue weighted by Crippen LogP contribution is 2.23. The zero-order chi connectivity index (χ0) is 17.3. The molecule has 0 spiro atoms. The number of rotatable bonds is 3.